The Balaban J connectivity index is 1.62. The monoisotopic (exact) mass is 402 g/mol. The minimum absolute atomic E-state index is 0.410. The molecular weight excluding hydrogens is 388 g/mol. The zero-order valence-electron chi connectivity index (χ0n) is 14.3. The number of halogens is 1. The SMILES string of the molecule is OC[C@H]1O[C@@H](n2cnc3c2ncn2c(-c4cccc(Cl)c4)nnc32)[C@H](O)[C@@H]1O. The smallest absolute Gasteiger partial charge is 0.192 e. The van der Waals surface area contributed by atoms with E-state index in [-0.39, 0.29) is 0 Å². The van der Waals surface area contributed by atoms with Crippen molar-refractivity contribution in [3.05, 3.63) is 41.9 Å². The van der Waals surface area contributed by atoms with Crippen molar-refractivity contribution >= 4 is 28.4 Å². The Morgan fingerprint density at radius 1 is 1.07 bits per heavy atom. The molecule has 0 spiro atoms. The van der Waals surface area contributed by atoms with Crippen LogP contribution < -0.4 is 0 Å². The van der Waals surface area contributed by atoms with E-state index in [0.717, 1.165) is 5.56 Å². The molecule has 1 aliphatic rings. The average Bonchev–Trinajstić information content (AvgIpc) is 3.38. The summed E-state index contributed by atoms with van der Waals surface area (Å²) < 4.78 is 8.77. The fourth-order valence-corrected chi connectivity index (χ4v) is 3.63. The van der Waals surface area contributed by atoms with Gasteiger partial charge in [-0.2, -0.15) is 0 Å². The number of imidazole rings is 1. The highest BCUT2D eigenvalue weighted by Gasteiger charge is 2.44. The first kappa shape index (κ1) is 17.5. The maximum atomic E-state index is 10.3. The van der Waals surface area contributed by atoms with Crippen LogP contribution in [0.4, 0.5) is 0 Å². The quantitative estimate of drug-likeness (QED) is 0.449. The number of ether oxygens (including phenoxy) is 1. The number of fused-ring (bicyclic) bond motifs is 3. The van der Waals surface area contributed by atoms with E-state index in [1.54, 1.807) is 22.9 Å². The van der Waals surface area contributed by atoms with Gasteiger partial charge in [0.2, 0.25) is 0 Å². The second-order valence-corrected chi connectivity index (χ2v) is 6.96. The van der Waals surface area contributed by atoms with Crippen molar-refractivity contribution in [1.29, 1.82) is 0 Å². The molecule has 4 atom stereocenters. The van der Waals surface area contributed by atoms with Gasteiger partial charge in [-0.25, -0.2) is 9.97 Å². The maximum absolute atomic E-state index is 10.3. The van der Waals surface area contributed by atoms with Crippen molar-refractivity contribution in [3.63, 3.8) is 0 Å². The van der Waals surface area contributed by atoms with Gasteiger partial charge in [0.15, 0.2) is 28.9 Å². The fourth-order valence-electron chi connectivity index (χ4n) is 3.44. The van der Waals surface area contributed by atoms with Crippen LogP contribution in [0, 0.1) is 0 Å². The molecule has 0 saturated carbocycles. The van der Waals surface area contributed by atoms with Gasteiger partial charge < -0.3 is 20.1 Å². The zero-order chi connectivity index (χ0) is 19.4. The molecule has 1 aliphatic heterocycles. The Morgan fingerprint density at radius 3 is 2.68 bits per heavy atom. The lowest BCUT2D eigenvalue weighted by atomic mass is 10.1. The highest BCUT2D eigenvalue weighted by Crippen LogP contribution is 2.32. The Bertz CT molecular complexity index is 1180. The molecule has 144 valence electrons. The lowest BCUT2D eigenvalue weighted by Gasteiger charge is -2.16. The second kappa shape index (κ2) is 6.47. The summed E-state index contributed by atoms with van der Waals surface area (Å²) in [6.07, 6.45) is -1.25. The van der Waals surface area contributed by atoms with Crippen molar-refractivity contribution in [2.24, 2.45) is 0 Å². The van der Waals surface area contributed by atoms with E-state index in [1.165, 1.54) is 10.9 Å². The molecule has 1 aromatic carbocycles. The normalized spacial score (nSPS) is 25.1. The third-order valence-corrected chi connectivity index (χ3v) is 5.08. The van der Waals surface area contributed by atoms with Crippen molar-refractivity contribution < 1.29 is 20.1 Å². The lowest BCUT2D eigenvalue weighted by Crippen LogP contribution is -2.33. The van der Waals surface area contributed by atoms with E-state index in [1.807, 2.05) is 12.1 Å². The van der Waals surface area contributed by atoms with Crippen LogP contribution in [-0.4, -0.2) is 69.4 Å². The van der Waals surface area contributed by atoms with Gasteiger partial charge in [-0.15, -0.1) is 10.2 Å². The molecule has 10 nitrogen and oxygen atoms in total. The zero-order valence-corrected chi connectivity index (χ0v) is 15.0. The van der Waals surface area contributed by atoms with Gasteiger partial charge in [0.05, 0.1) is 12.9 Å². The van der Waals surface area contributed by atoms with E-state index in [0.29, 0.717) is 27.7 Å². The van der Waals surface area contributed by atoms with Gasteiger partial charge in [-0.05, 0) is 12.1 Å². The minimum atomic E-state index is -1.23. The van der Waals surface area contributed by atoms with Crippen LogP contribution in [0.1, 0.15) is 6.23 Å². The molecule has 1 fully saturated rings. The molecule has 28 heavy (non-hydrogen) atoms. The van der Waals surface area contributed by atoms with Crippen LogP contribution in [-0.2, 0) is 4.74 Å². The number of aliphatic hydroxyl groups is 3. The molecule has 5 rings (SSSR count). The van der Waals surface area contributed by atoms with E-state index in [4.69, 9.17) is 16.3 Å². The third-order valence-electron chi connectivity index (χ3n) is 4.84. The molecular formula is C17H15ClN6O4. The van der Waals surface area contributed by atoms with Gasteiger partial charge >= 0.3 is 0 Å². The Kier molecular flexibility index (Phi) is 4.03. The number of aliphatic hydroxyl groups excluding tert-OH is 3. The van der Waals surface area contributed by atoms with Crippen LogP contribution in [0.2, 0.25) is 5.02 Å². The lowest BCUT2D eigenvalue weighted by molar-refractivity contribution is -0.0511. The molecule has 0 radical (unpaired) electrons. The maximum Gasteiger partial charge on any atom is 0.192 e. The van der Waals surface area contributed by atoms with Gasteiger partial charge in [0, 0.05) is 10.6 Å². The average molecular weight is 403 g/mol. The Labute approximate surface area is 162 Å². The second-order valence-electron chi connectivity index (χ2n) is 6.53. The molecule has 0 unspecified atom stereocenters. The van der Waals surface area contributed by atoms with E-state index >= 15 is 0 Å². The summed E-state index contributed by atoms with van der Waals surface area (Å²) in [6.45, 7) is -0.411. The molecule has 0 aliphatic carbocycles. The third kappa shape index (κ3) is 2.50. The summed E-state index contributed by atoms with van der Waals surface area (Å²) in [6, 6.07) is 7.23. The fraction of sp³-hybridized carbons (Fsp3) is 0.294. The van der Waals surface area contributed by atoms with Crippen LogP contribution in [0.25, 0.3) is 28.2 Å². The number of benzene rings is 1. The Morgan fingerprint density at radius 2 is 1.93 bits per heavy atom. The van der Waals surface area contributed by atoms with E-state index in [9.17, 15) is 15.3 Å². The molecule has 0 amide bonds. The Hall–Kier alpha value is -2.63. The molecule has 1 saturated heterocycles. The molecule has 4 aromatic rings. The molecule has 3 aromatic heterocycles. The largest absolute Gasteiger partial charge is 0.394 e. The van der Waals surface area contributed by atoms with Crippen LogP contribution in [0.3, 0.4) is 0 Å². The number of hydrogen-bond acceptors (Lipinski definition) is 8. The van der Waals surface area contributed by atoms with Crippen LogP contribution in [0.5, 0.6) is 0 Å². The molecule has 0 bridgehead atoms. The predicted molar refractivity (Wildman–Crippen MR) is 97.5 cm³/mol. The van der Waals surface area contributed by atoms with Crippen LogP contribution in [0.15, 0.2) is 36.9 Å². The van der Waals surface area contributed by atoms with E-state index in [2.05, 4.69) is 20.2 Å². The van der Waals surface area contributed by atoms with Crippen molar-refractivity contribution in [1.82, 2.24) is 29.1 Å². The van der Waals surface area contributed by atoms with Gasteiger partial charge in [0.25, 0.3) is 0 Å². The summed E-state index contributed by atoms with van der Waals surface area (Å²) >= 11 is 6.07. The van der Waals surface area contributed by atoms with Crippen molar-refractivity contribution in [3.8, 4) is 11.4 Å². The van der Waals surface area contributed by atoms with Gasteiger partial charge in [0.1, 0.15) is 24.6 Å². The van der Waals surface area contributed by atoms with Gasteiger partial charge in [-0.3, -0.25) is 8.97 Å². The number of aromatic nitrogens is 6. The van der Waals surface area contributed by atoms with Gasteiger partial charge in [-0.1, -0.05) is 23.7 Å². The summed E-state index contributed by atoms with van der Waals surface area (Å²) in [5, 5.41) is 38.6. The first-order valence-corrected chi connectivity index (χ1v) is 8.91. The minimum Gasteiger partial charge on any atom is -0.394 e. The first-order chi connectivity index (χ1) is 13.6. The predicted octanol–water partition coefficient (Wildman–Crippen LogP) is 0.406. The molecule has 11 heteroatoms. The first-order valence-electron chi connectivity index (χ1n) is 8.53. The molecule has 3 N–H and O–H groups in total. The summed E-state index contributed by atoms with van der Waals surface area (Å²) in [5.41, 5.74) is 2.13. The summed E-state index contributed by atoms with van der Waals surface area (Å²) in [7, 11) is 0. The standard InChI is InChI=1S/C17H15ClN6O4/c18-9-3-1-2-8(4-9)14-21-22-16-11-15(20-7-23(14)16)24(6-19-11)17-13(27)12(26)10(5-25)28-17/h1-4,6-7,10,12-13,17,25-27H,5H2/t10-,12-,13-,17-/m1/s1. The van der Waals surface area contributed by atoms with E-state index < -0.39 is 31.1 Å². The number of nitrogens with zero attached hydrogens (tertiary/aromatic N) is 6. The number of hydrogen-bond donors (Lipinski definition) is 3. The number of rotatable bonds is 3. The summed E-state index contributed by atoms with van der Waals surface area (Å²) in [5.74, 6) is 0.564. The van der Waals surface area contributed by atoms with Crippen molar-refractivity contribution in [2.75, 3.05) is 6.61 Å². The highest BCUT2D eigenvalue weighted by molar-refractivity contribution is 6.30. The molecule has 4 heterocycles. The summed E-state index contributed by atoms with van der Waals surface area (Å²) in [4.78, 5) is 8.76. The van der Waals surface area contributed by atoms with Crippen molar-refractivity contribution in [2.45, 2.75) is 24.5 Å². The topological polar surface area (TPSA) is 131 Å². The highest BCUT2D eigenvalue weighted by atomic mass is 35.5. The van der Waals surface area contributed by atoms with Crippen LogP contribution >= 0.6 is 11.6 Å².